The number of carbonyl (C=O) groups is 2. The monoisotopic (exact) mass is 373 g/mol. The predicted octanol–water partition coefficient (Wildman–Crippen LogP) is 1.74. The van der Waals surface area contributed by atoms with Crippen LogP contribution in [0, 0.1) is 0 Å². The van der Waals surface area contributed by atoms with E-state index in [1.54, 1.807) is 24.3 Å². The Morgan fingerprint density at radius 3 is 2.42 bits per heavy atom. The zero-order valence-electron chi connectivity index (χ0n) is 14.2. The number of sulfonamides is 1. The van der Waals surface area contributed by atoms with E-state index in [0.717, 1.165) is 12.8 Å². The highest BCUT2D eigenvalue weighted by Crippen LogP contribution is 2.23. The summed E-state index contributed by atoms with van der Waals surface area (Å²) in [5.41, 5.74) is 0.860. The molecule has 2 amide bonds. The smallest absolute Gasteiger partial charge is 0.255 e. The Morgan fingerprint density at radius 2 is 1.73 bits per heavy atom. The number of para-hydroxylation sites is 1. The van der Waals surface area contributed by atoms with Crippen molar-refractivity contribution in [3.63, 3.8) is 0 Å². The minimum Gasteiger partial charge on any atom is -0.355 e. The van der Waals surface area contributed by atoms with E-state index in [4.69, 9.17) is 0 Å². The zero-order valence-corrected chi connectivity index (χ0v) is 15.0. The van der Waals surface area contributed by atoms with Gasteiger partial charge < -0.3 is 10.6 Å². The van der Waals surface area contributed by atoms with Gasteiger partial charge in [-0.2, -0.15) is 0 Å². The van der Waals surface area contributed by atoms with Gasteiger partial charge in [-0.15, -0.1) is 0 Å². The van der Waals surface area contributed by atoms with Crippen molar-refractivity contribution in [2.75, 3.05) is 12.4 Å². The first-order valence-corrected chi connectivity index (χ1v) is 9.64. The molecule has 1 saturated carbocycles. The molecule has 0 spiro atoms. The lowest BCUT2D eigenvalue weighted by Crippen LogP contribution is -2.26. The summed E-state index contributed by atoms with van der Waals surface area (Å²) in [4.78, 5) is 24.5. The number of hydrogen-bond donors (Lipinski definition) is 3. The van der Waals surface area contributed by atoms with Gasteiger partial charge in [-0.3, -0.25) is 9.59 Å². The summed E-state index contributed by atoms with van der Waals surface area (Å²) in [6.07, 6.45) is 1.66. The third kappa shape index (κ3) is 4.09. The van der Waals surface area contributed by atoms with E-state index in [2.05, 4.69) is 15.4 Å². The molecule has 2 aromatic rings. The van der Waals surface area contributed by atoms with E-state index in [-0.39, 0.29) is 22.4 Å². The Morgan fingerprint density at radius 1 is 1.00 bits per heavy atom. The van der Waals surface area contributed by atoms with Gasteiger partial charge in [0.25, 0.3) is 11.8 Å². The summed E-state index contributed by atoms with van der Waals surface area (Å²) in [5, 5.41) is 5.17. The van der Waals surface area contributed by atoms with Gasteiger partial charge in [0.05, 0.1) is 16.1 Å². The van der Waals surface area contributed by atoms with E-state index < -0.39 is 15.9 Å². The number of amides is 2. The molecule has 1 fully saturated rings. The minimum atomic E-state index is -3.65. The molecule has 0 bridgehead atoms. The SMILES string of the molecule is CNC(=O)c1ccccc1NC(=O)c1cccc(S(=O)(=O)NC2CC2)c1. The molecule has 136 valence electrons. The average Bonchev–Trinajstić information content (AvgIpc) is 3.45. The molecule has 7 nitrogen and oxygen atoms in total. The van der Waals surface area contributed by atoms with Gasteiger partial charge in [0.1, 0.15) is 0 Å². The molecule has 3 rings (SSSR count). The van der Waals surface area contributed by atoms with Crippen molar-refractivity contribution < 1.29 is 18.0 Å². The lowest BCUT2D eigenvalue weighted by atomic mass is 10.1. The maximum Gasteiger partial charge on any atom is 0.255 e. The van der Waals surface area contributed by atoms with Crippen LogP contribution in [0.25, 0.3) is 0 Å². The van der Waals surface area contributed by atoms with Crippen LogP contribution in [0.3, 0.4) is 0 Å². The molecule has 2 aromatic carbocycles. The van der Waals surface area contributed by atoms with Gasteiger partial charge in [0, 0.05) is 18.7 Å². The molecule has 0 saturated heterocycles. The van der Waals surface area contributed by atoms with Crippen molar-refractivity contribution in [3.05, 3.63) is 59.7 Å². The number of hydrogen-bond acceptors (Lipinski definition) is 4. The number of anilines is 1. The average molecular weight is 373 g/mol. The third-order valence-corrected chi connectivity index (χ3v) is 5.47. The molecular weight excluding hydrogens is 354 g/mol. The van der Waals surface area contributed by atoms with Crippen LogP contribution < -0.4 is 15.4 Å². The van der Waals surface area contributed by atoms with Crippen molar-refractivity contribution in [2.24, 2.45) is 0 Å². The van der Waals surface area contributed by atoms with Crippen molar-refractivity contribution in [1.82, 2.24) is 10.0 Å². The van der Waals surface area contributed by atoms with Crippen molar-refractivity contribution in [1.29, 1.82) is 0 Å². The first-order valence-electron chi connectivity index (χ1n) is 8.15. The van der Waals surface area contributed by atoms with E-state index in [1.165, 1.54) is 31.3 Å². The standard InChI is InChI=1S/C18H19N3O4S/c1-19-18(23)15-7-2-3-8-16(15)20-17(22)12-5-4-6-14(11-12)26(24,25)21-13-9-10-13/h2-8,11,13,21H,9-10H2,1H3,(H,19,23)(H,20,22). The zero-order chi connectivity index (χ0) is 18.7. The first kappa shape index (κ1) is 18.1. The Kier molecular flexibility index (Phi) is 5.06. The number of rotatable bonds is 6. The van der Waals surface area contributed by atoms with Crippen LogP contribution >= 0.6 is 0 Å². The minimum absolute atomic E-state index is 0.0167. The second-order valence-corrected chi connectivity index (χ2v) is 7.72. The van der Waals surface area contributed by atoms with Crippen molar-refractivity contribution in [2.45, 2.75) is 23.8 Å². The van der Waals surface area contributed by atoms with Gasteiger partial charge in [-0.1, -0.05) is 18.2 Å². The quantitative estimate of drug-likeness (QED) is 0.717. The molecule has 8 heteroatoms. The molecule has 0 aromatic heterocycles. The Balaban J connectivity index is 1.83. The van der Waals surface area contributed by atoms with Crippen LogP contribution in [-0.2, 0) is 10.0 Å². The molecule has 1 aliphatic carbocycles. The molecule has 3 N–H and O–H groups in total. The van der Waals surface area contributed by atoms with Gasteiger partial charge in [0.15, 0.2) is 0 Å². The van der Waals surface area contributed by atoms with Gasteiger partial charge in [-0.25, -0.2) is 13.1 Å². The molecule has 1 aliphatic rings. The van der Waals surface area contributed by atoms with E-state index in [9.17, 15) is 18.0 Å². The topological polar surface area (TPSA) is 104 Å². The fourth-order valence-electron chi connectivity index (χ4n) is 2.41. The second kappa shape index (κ2) is 7.27. The Bertz CT molecular complexity index is 952. The fraction of sp³-hybridized carbons (Fsp3) is 0.222. The molecule has 0 radical (unpaired) electrons. The predicted molar refractivity (Wildman–Crippen MR) is 97.6 cm³/mol. The Labute approximate surface area is 151 Å². The summed E-state index contributed by atoms with van der Waals surface area (Å²) >= 11 is 0. The molecular formula is C18H19N3O4S. The summed E-state index contributed by atoms with van der Waals surface area (Å²) in [6, 6.07) is 12.4. The lowest BCUT2D eigenvalue weighted by Gasteiger charge is -2.11. The highest BCUT2D eigenvalue weighted by Gasteiger charge is 2.28. The molecule has 0 aliphatic heterocycles. The van der Waals surface area contributed by atoms with Crippen LogP contribution in [0.1, 0.15) is 33.6 Å². The summed E-state index contributed by atoms with van der Waals surface area (Å²) in [6.45, 7) is 0. The van der Waals surface area contributed by atoms with Crippen LogP contribution in [0.5, 0.6) is 0 Å². The van der Waals surface area contributed by atoms with Crippen LogP contribution in [0.2, 0.25) is 0 Å². The maximum absolute atomic E-state index is 12.5. The summed E-state index contributed by atoms with van der Waals surface area (Å²) in [5.74, 6) is -0.823. The second-order valence-electron chi connectivity index (χ2n) is 6.00. The van der Waals surface area contributed by atoms with E-state index in [1.807, 2.05) is 0 Å². The van der Waals surface area contributed by atoms with Gasteiger partial charge >= 0.3 is 0 Å². The normalized spacial score (nSPS) is 13.9. The molecule has 0 unspecified atom stereocenters. The van der Waals surface area contributed by atoms with E-state index >= 15 is 0 Å². The van der Waals surface area contributed by atoms with Gasteiger partial charge in [0.2, 0.25) is 10.0 Å². The van der Waals surface area contributed by atoms with Gasteiger partial charge in [-0.05, 0) is 43.2 Å². The summed E-state index contributed by atoms with van der Waals surface area (Å²) < 4.78 is 27.2. The Hall–Kier alpha value is -2.71. The van der Waals surface area contributed by atoms with Crippen molar-refractivity contribution >= 4 is 27.5 Å². The molecule has 0 atom stereocenters. The fourth-order valence-corrected chi connectivity index (χ4v) is 3.76. The van der Waals surface area contributed by atoms with Crippen LogP contribution in [0.4, 0.5) is 5.69 Å². The highest BCUT2D eigenvalue weighted by molar-refractivity contribution is 7.89. The highest BCUT2D eigenvalue weighted by atomic mass is 32.2. The number of nitrogens with one attached hydrogen (secondary N) is 3. The molecule has 0 heterocycles. The number of carbonyl (C=O) groups excluding carboxylic acids is 2. The van der Waals surface area contributed by atoms with Crippen LogP contribution in [-0.4, -0.2) is 33.3 Å². The van der Waals surface area contributed by atoms with E-state index in [0.29, 0.717) is 11.3 Å². The number of benzene rings is 2. The largest absolute Gasteiger partial charge is 0.355 e. The first-order chi connectivity index (χ1) is 12.4. The summed E-state index contributed by atoms with van der Waals surface area (Å²) in [7, 11) is -2.14. The van der Waals surface area contributed by atoms with Crippen LogP contribution in [0.15, 0.2) is 53.4 Å². The van der Waals surface area contributed by atoms with Crippen molar-refractivity contribution in [3.8, 4) is 0 Å². The molecule has 26 heavy (non-hydrogen) atoms. The lowest BCUT2D eigenvalue weighted by molar-refractivity contribution is 0.0964. The third-order valence-electron chi connectivity index (χ3n) is 3.95. The maximum atomic E-state index is 12.5.